The van der Waals surface area contributed by atoms with Crippen LogP contribution < -0.4 is 4.74 Å². The predicted molar refractivity (Wildman–Crippen MR) is 51.7 cm³/mol. The van der Waals surface area contributed by atoms with Crippen LogP contribution in [0.1, 0.15) is 19.4 Å². The van der Waals surface area contributed by atoms with Crippen molar-refractivity contribution in [2.75, 3.05) is 0 Å². The Morgan fingerprint density at radius 3 is 2.14 bits per heavy atom. The maximum Gasteiger partial charge on any atom is 0.191 e. The van der Waals surface area contributed by atoms with Crippen molar-refractivity contribution >= 4 is 11.6 Å². The van der Waals surface area contributed by atoms with Gasteiger partial charge in [0.1, 0.15) is 0 Å². The van der Waals surface area contributed by atoms with Crippen LogP contribution in [0, 0.1) is 11.6 Å². The van der Waals surface area contributed by atoms with Gasteiger partial charge in [-0.05, 0) is 31.5 Å². The molecule has 0 radical (unpaired) electrons. The molecule has 0 saturated carbocycles. The van der Waals surface area contributed by atoms with Crippen molar-refractivity contribution < 1.29 is 13.5 Å². The van der Waals surface area contributed by atoms with Gasteiger partial charge in [-0.15, -0.1) is 11.6 Å². The van der Waals surface area contributed by atoms with Crippen LogP contribution in [-0.2, 0) is 5.88 Å². The van der Waals surface area contributed by atoms with Gasteiger partial charge in [-0.1, -0.05) is 0 Å². The van der Waals surface area contributed by atoms with Gasteiger partial charge in [-0.2, -0.15) is 0 Å². The first-order valence-electron chi connectivity index (χ1n) is 4.25. The highest BCUT2D eigenvalue weighted by Gasteiger charge is 2.13. The average molecular weight is 221 g/mol. The van der Waals surface area contributed by atoms with Gasteiger partial charge in [-0.3, -0.25) is 0 Å². The van der Waals surface area contributed by atoms with Crippen molar-refractivity contribution in [1.29, 1.82) is 0 Å². The third-order valence-electron chi connectivity index (χ3n) is 1.57. The summed E-state index contributed by atoms with van der Waals surface area (Å²) in [6.07, 6.45) is -0.263. The Balaban J connectivity index is 3.05. The molecule has 78 valence electrons. The molecule has 1 aromatic carbocycles. The molecule has 0 aromatic heterocycles. The van der Waals surface area contributed by atoms with Gasteiger partial charge in [0.15, 0.2) is 17.4 Å². The zero-order valence-electron chi connectivity index (χ0n) is 7.98. The summed E-state index contributed by atoms with van der Waals surface area (Å²) in [4.78, 5) is 0. The Morgan fingerprint density at radius 1 is 1.29 bits per heavy atom. The summed E-state index contributed by atoms with van der Waals surface area (Å²) in [6.45, 7) is 3.41. The number of hydrogen-bond donors (Lipinski definition) is 0. The Bertz CT molecular complexity index is 303. The highest BCUT2D eigenvalue weighted by Crippen LogP contribution is 2.24. The van der Waals surface area contributed by atoms with Crippen LogP contribution >= 0.6 is 11.6 Å². The third kappa shape index (κ3) is 2.58. The van der Waals surface area contributed by atoms with Gasteiger partial charge in [0.2, 0.25) is 0 Å². The van der Waals surface area contributed by atoms with E-state index in [1.165, 1.54) is 12.1 Å². The van der Waals surface area contributed by atoms with Gasteiger partial charge in [0.05, 0.1) is 6.10 Å². The topological polar surface area (TPSA) is 9.23 Å². The lowest BCUT2D eigenvalue weighted by Crippen LogP contribution is -2.09. The summed E-state index contributed by atoms with van der Waals surface area (Å²) in [5, 5.41) is 0. The van der Waals surface area contributed by atoms with E-state index in [0.717, 1.165) is 0 Å². The molecule has 0 heterocycles. The number of alkyl halides is 1. The fourth-order valence-corrected chi connectivity index (χ4v) is 1.19. The second kappa shape index (κ2) is 4.60. The first-order valence-corrected chi connectivity index (χ1v) is 4.78. The number of benzene rings is 1. The Hall–Kier alpha value is -0.830. The van der Waals surface area contributed by atoms with Crippen molar-refractivity contribution in [2.45, 2.75) is 25.8 Å². The zero-order chi connectivity index (χ0) is 10.7. The SMILES string of the molecule is CC(C)Oc1c(F)cc(CCl)cc1F. The smallest absolute Gasteiger partial charge is 0.191 e. The van der Waals surface area contributed by atoms with Gasteiger partial charge >= 0.3 is 0 Å². The lowest BCUT2D eigenvalue weighted by molar-refractivity contribution is 0.219. The number of rotatable bonds is 3. The third-order valence-corrected chi connectivity index (χ3v) is 1.87. The molecule has 1 nitrogen and oxygen atoms in total. The Labute approximate surface area is 86.6 Å². The van der Waals surface area contributed by atoms with Crippen molar-refractivity contribution in [1.82, 2.24) is 0 Å². The molecule has 14 heavy (non-hydrogen) atoms. The van der Waals surface area contributed by atoms with Crippen LogP contribution in [0.4, 0.5) is 8.78 Å². The highest BCUT2D eigenvalue weighted by atomic mass is 35.5. The van der Waals surface area contributed by atoms with Crippen LogP contribution in [0.3, 0.4) is 0 Å². The predicted octanol–water partition coefficient (Wildman–Crippen LogP) is 3.49. The lowest BCUT2D eigenvalue weighted by atomic mass is 10.2. The van der Waals surface area contributed by atoms with Crippen molar-refractivity contribution in [3.8, 4) is 5.75 Å². The molecule has 4 heteroatoms. The van der Waals surface area contributed by atoms with Crippen molar-refractivity contribution in [2.24, 2.45) is 0 Å². The molecular weight excluding hydrogens is 210 g/mol. The molecule has 0 fully saturated rings. The van der Waals surface area contributed by atoms with E-state index in [4.69, 9.17) is 16.3 Å². The summed E-state index contributed by atoms with van der Waals surface area (Å²) in [5.74, 6) is -1.69. The van der Waals surface area contributed by atoms with Crippen LogP contribution in [0.15, 0.2) is 12.1 Å². The number of halogens is 3. The van der Waals surface area contributed by atoms with E-state index in [1.807, 2.05) is 0 Å². The van der Waals surface area contributed by atoms with Gasteiger partial charge in [0.25, 0.3) is 0 Å². The second-order valence-corrected chi connectivity index (χ2v) is 3.46. The fraction of sp³-hybridized carbons (Fsp3) is 0.400. The van der Waals surface area contributed by atoms with E-state index in [2.05, 4.69) is 0 Å². The first kappa shape index (κ1) is 11.2. The quantitative estimate of drug-likeness (QED) is 0.709. The second-order valence-electron chi connectivity index (χ2n) is 3.19. The standard InChI is InChI=1S/C10H11ClF2O/c1-6(2)14-10-8(12)3-7(5-11)4-9(10)13/h3-4,6H,5H2,1-2H3. The van der Waals surface area contributed by atoms with Gasteiger partial charge in [0, 0.05) is 5.88 Å². The van der Waals surface area contributed by atoms with E-state index in [9.17, 15) is 8.78 Å². The Morgan fingerprint density at radius 2 is 1.79 bits per heavy atom. The van der Waals surface area contributed by atoms with E-state index in [-0.39, 0.29) is 17.7 Å². The lowest BCUT2D eigenvalue weighted by Gasteiger charge is -2.11. The van der Waals surface area contributed by atoms with Crippen LogP contribution in [0.2, 0.25) is 0 Å². The van der Waals surface area contributed by atoms with Crippen molar-refractivity contribution in [3.05, 3.63) is 29.3 Å². The molecule has 0 atom stereocenters. The maximum absolute atomic E-state index is 13.2. The average Bonchev–Trinajstić information content (AvgIpc) is 2.10. The van der Waals surface area contributed by atoms with E-state index >= 15 is 0 Å². The summed E-state index contributed by atoms with van der Waals surface area (Å²) < 4.78 is 31.5. The van der Waals surface area contributed by atoms with Crippen LogP contribution in [-0.4, -0.2) is 6.10 Å². The summed E-state index contributed by atoms with van der Waals surface area (Å²) >= 11 is 5.45. The molecule has 0 spiro atoms. The highest BCUT2D eigenvalue weighted by molar-refractivity contribution is 6.17. The minimum absolute atomic E-state index is 0.0792. The minimum atomic E-state index is -0.714. The molecule has 0 aliphatic carbocycles. The molecule has 0 N–H and O–H groups in total. The van der Waals surface area contributed by atoms with E-state index in [0.29, 0.717) is 5.56 Å². The normalized spacial score (nSPS) is 10.7. The van der Waals surface area contributed by atoms with Gasteiger partial charge in [-0.25, -0.2) is 8.78 Å². The summed E-state index contributed by atoms with van der Waals surface area (Å²) in [5.41, 5.74) is 0.401. The minimum Gasteiger partial charge on any atom is -0.485 e. The maximum atomic E-state index is 13.2. The largest absolute Gasteiger partial charge is 0.485 e. The molecule has 0 aliphatic rings. The van der Waals surface area contributed by atoms with Crippen LogP contribution in [0.5, 0.6) is 5.75 Å². The number of hydrogen-bond acceptors (Lipinski definition) is 1. The molecule has 0 amide bonds. The van der Waals surface area contributed by atoms with E-state index in [1.54, 1.807) is 13.8 Å². The summed E-state index contributed by atoms with van der Waals surface area (Å²) in [6, 6.07) is 2.35. The molecule has 0 unspecified atom stereocenters. The zero-order valence-corrected chi connectivity index (χ0v) is 8.74. The number of ether oxygens (including phenoxy) is 1. The molecule has 1 aromatic rings. The molecule has 0 saturated heterocycles. The first-order chi connectivity index (χ1) is 6.54. The van der Waals surface area contributed by atoms with Gasteiger partial charge < -0.3 is 4.74 Å². The Kier molecular flexibility index (Phi) is 3.69. The summed E-state index contributed by atoms with van der Waals surface area (Å²) in [7, 11) is 0. The molecule has 0 aliphatic heterocycles. The monoisotopic (exact) mass is 220 g/mol. The fourth-order valence-electron chi connectivity index (χ4n) is 1.04. The van der Waals surface area contributed by atoms with E-state index < -0.39 is 11.6 Å². The van der Waals surface area contributed by atoms with Crippen LogP contribution in [0.25, 0.3) is 0 Å². The molecular formula is C10H11ClF2O. The van der Waals surface area contributed by atoms with Crippen molar-refractivity contribution in [3.63, 3.8) is 0 Å². The molecule has 1 rings (SSSR count). The molecule has 0 bridgehead atoms.